The Bertz CT molecular complexity index is 637. The lowest BCUT2D eigenvalue weighted by Crippen LogP contribution is -2.29. The molecule has 3 rings (SSSR count). The molecular weight excluding hydrogens is 305 g/mol. The van der Waals surface area contributed by atoms with E-state index in [4.69, 9.17) is 0 Å². The number of aromatic amines is 1. The summed E-state index contributed by atoms with van der Waals surface area (Å²) in [5, 5.41) is 8.70. The molecule has 2 aromatic heterocycles. The van der Waals surface area contributed by atoms with Crippen LogP contribution < -0.4 is 0 Å². The Labute approximate surface area is 121 Å². The molecule has 1 saturated heterocycles. The van der Waals surface area contributed by atoms with Gasteiger partial charge in [0.2, 0.25) is 0 Å². The molecule has 1 amide bonds. The maximum absolute atomic E-state index is 12.8. The highest BCUT2D eigenvalue weighted by Gasteiger charge is 2.38. The van der Waals surface area contributed by atoms with E-state index in [9.17, 15) is 18.0 Å². The first-order chi connectivity index (χ1) is 9.97. The van der Waals surface area contributed by atoms with Crippen LogP contribution in [0.1, 0.15) is 34.1 Å². The maximum Gasteiger partial charge on any atom is 0.417 e. The molecule has 1 unspecified atom stereocenters. The van der Waals surface area contributed by atoms with Gasteiger partial charge in [0.05, 0.1) is 11.1 Å². The second kappa shape index (κ2) is 5.14. The summed E-state index contributed by atoms with van der Waals surface area (Å²) < 4.78 is 38.5. The quantitative estimate of drug-likeness (QED) is 0.926. The Balaban J connectivity index is 1.77. The number of nitrogens with zero attached hydrogens (tertiary/aromatic N) is 3. The van der Waals surface area contributed by atoms with Crippen LogP contribution in [-0.4, -0.2) is 39.1 Å². The minimum absolute atomic E-state index is 0.00979. The number of hydrogen-bond donors (Lipinski definition) is 1. The molecule has 0 spiro atoms. The van der Waals surface area contributed by atoms with Crippen LogP contribution >= 0.6 is 11.3 Å². The van der Waals surface area contributed by atoms with Gasteiger partial charge in [-0.3, -0.25) is 9.89 Å². The molecule has 1 aliphatic rings. The van der Waals surface area contributed by atoms with Crippen LogP contribution in [0.15, 0.2) is 17.1 Å². The summed E-state index contributed by atoms with van der Waals surface area (Å²) in [6, 6.07) is 0. The average Bonchev–Trinajstić information content (AvgIpc) is 3.16. The average molecular weight is 316 g/mol. The lowest BCUT2D eigenvalue weighted by atomic mass is 10.1. The van der Waals surface area contributed by atoms with Crippen molar-refractivity contribution >= 4 is 17.2 Å². The Hall–Kier alpha value is -1.90. The van der Waals surface area contributed by atoms with Crippen molar-refractivity contribution in [2.24, 2.45) is 0 Å². The van der Waals surface area contributed by atoms with Gasteiger partial charge in [-0.25, -0.2) is 4.98 Å². The van der Waals surface area contributed by atoms with Crippen LogP contribution in [0.4, 0.5) is 13.2 Å². The summed E-state index contributed by atoms with van der Waals surface area (Å²) in [6.07, 6.45) is -2.47. The molecule has 0 aliphatic carbocycles. The first-order valence-corrected chi connectivity index (χ1v) is 7.19. The zero-order chi connectivity index (χ0) is 15.0. The van der Waals surface area contributed by atoms with E-state index < -0.39 is 17.6 Å². The third-order valence-corrected chi connectivity index (χ3v) is 4.24. The largest absolute Gasteiger partial charge is 0.417 e. The molecule has 5 nitrogen and oxygen atoms in total. The fraction of sp³-hybridized carbons (Fsp3) is 0.417. The molecule has 1 N–H and O–H groups in total. The summed E-state index contributed by atoms with van der Waals surface area (Å²) in [6.45, 7) is 0.762. The van der Waals surface area contributed by atoms with E-state index in [0.717, 1.165) is 16.7 Å². The second-order valence-corrected chi connectivity index (χ2v) is 5.55. The zero-order valence-corrected chi connectivity index (χ0v) is 11.5. The highest BCUT2D eigenvalue weighted by atomic mass is 32.1. The Kier molecular flexibility index (Phi) is 3.44. The number of thiophene rings is 1. The topological polar surface area (TPSA) is 61.9 Å². The van der Waals surface area contributed by atoms with Crippen LogP contribution in [-0.2, 0) is 6.18 Å². The van der Waals surface area contributed by atoms with E-state index in [0.29, 0.717) is 25.3 Å². The lowest BCUT2D eigenvalue weighted by Gasteiger charge is -2.17. The number of rotatable bonds is 2. The number of alkyl halides is 3. The van der Waals surface area contributed by atoms with E-state index in [1.54, 1.807) is 0 Å². The third kappa shape index (κ3) is 2.65. The summed E-state index contributed by atoms with van der Waals surface area (Å²) in [5.41, 5.74) is -1.13. The summed E-state index contributed by atoms with van der Waals surface area (Å²) in [5.74, 6) is 0.0710. The summed E-state index contributed by atoms with van der Waals surface area (Å²) >= 11 is 0.883. The molecule has 0 aromatic carbocycles. The van der Waals surface area contributed by atoms with Gasteiger partial charge < -0.3 is 4.90 Å². The third-order valence-electron chi connectivity index (χ3n) is 3.49. The smallest absolute Gasteiger partial charge is 0.338 e. The Morgan fingerprint density at radius 2 is 2.24 bits per heavy atom. The molecule has 3 heterocycles. The molecule has 112 valence electrons. The van der Waals surface area contributed by atoms with Crippen molar-refractivity contribution < 1.29 is 18.0 Å². The van der Waals surface area contributed by atoms with Crippen molar-refractivity contribution in [3.63, 3.8) is 0 Å². The summed E-state index contributed by atoms with van der Waals surface area (Å²) in [7, 11) is 0. The highest BCUT2D eigenvalue weighted by molar-refractivity contribution is 7.08. The van der Waals surface area contributed by atoms with Gasteiger partial charge in [-0.2, -0.15) is 29.6 Å². The first-order valence-electron chi connectivity index (χ1n) is 6.24. The number of halogens is 3. The van der Waals surface area contributed by atoms with Crippen LogP contribution in [0, 0.1) is 0 Å². The maximum atomic E-state index is 12.8. The molecule has 0 bridgehead atoms. The summed E-state index contributed by atoms with van der Waals surface area (Å²) in [4.78, 5) is 17.7. The van der Waals surface area contributed by atoms with Crippen LogP contribution in [0.25, 0.3) is 0 Å². The number of hydrogen-bond acceptors (Lipinski definition) is 4. The molecular formula is C12H11F3N4OS. The number of amides is 1. The highest BCUT2D eigenvalue weighted by Crippen LogP contribution is 2.35. The molecule has 2 aromatic rings. The van der Waals surface area contributed by atoms with Crippen molar-refractivity contribution in [3.8, 4) is 0 Å². The second-order valence-electron chi connectivity index (χ2n) is 4.80. The zero-order valence-electron chi connectivity index (χ0n) is 10.7. The van der Waals surface area contributed by atoms with Gasteiger partial charge in [0.15, 0.2) is 0 Å². The first kappa shape index (κ1) is 14.1. The van der Waals surface area contributed by atoms with Crippen LogP contribution in [0.5, 0.6) is 0 Å². The molecule has 0 radical (unpaired) electrons. The van der Waals surface area contributed by atoms with Gasteiger partial charge in [-0.15, -0.1) is 0 Å². The molecule has 1 fully saturated rings. The molecule has 21 heavy (non-hydrogen) atoms. The Morgan fingerprint density at radius 3 is 2.90 bits per heavy atom. The molecule has 9 heteroatoms. The lowest BCUT2D eigenvalue weighted by molar-refractivity contribution is -0.137. The van der Waals surface area contributed by atoms with Crippen LogP contribution in [0.3, 0.4) is 0 Å². The number of nitrogens with one attached hydrogen (secondary N) is 1. The molecule has 1 aliphatic heterocycles. The van der Waals surface area contributed by atoms with Crippen molar-refractivity contribution in [2.75, 3.05) is 13.1 Å². The standard InChI is InChI=1S/C12H11F3N4OS/c13-12(14,15)9-5-21-4-8(9)11(20)19-2-1-7(3-19)10-16-6-17-18-10/h4-7H,1-3H2,(H,16,17,18). The van der Waals surface area contributed by atoms with E-state index >= 15 is 0 Å². The fourth-order valence-electron chi connectivity index (χ4n) is 2.43. The molecule has 1 atom stereocenters. The van der Waals surface area contributed by atoms with E-state index in [1.807, 2.05) is 0 Å². The van der Waals surface area contributed by atoms with E-state index in [2.05, 4.69) is 15.2 Å². The minimum atomic E-state index is -4.50. The monoisotopic (exact) mass is 316 g/mol. The van der Waals surface area contributed by atoms with Crippen LogP contribution in [0.2, 0.25) is 0 Å². The van der Waals surface area contributed by atoms with E-state index in [-0.39, 0.29) is 11.5 Å². The van der Waals surface area contributed by atoms with Gasteiger partial charge in [-0.05, 0) is 6.42 Å². The van der Waals surface area contributed by atoms with Crippen molar-refractivity contribution in [3.05, 3.63) is 34.0 Å². The SMILES string of the molecule is O=C(c1cscc1C(F)(F)F)N1CCC(c2ncn[nH]2)C1. The van der Waals surface area contributed by atoms with Gasteiger partial charge in [-0.1, -0.05) is 0 Å². The minimum Gasteiger partial charge on any atom is -0.338 e. The van der Waals surface area contributed by atoms with Crippen molar-refractivity contribution in [2.45, 2.75) is 18.5 Å². The normalized spacial score (nSPS) is 19.2. The van der Waals surface area contributed by atoms with Gasteiger partial charge in [0.25, 0.3) is 5.91 Å². The number of likely N-dealkylation sites (tertiary alicyclic amines) is 1. The number of carbonyl (C=O) groups is 1. The van der Waals surface area contributed by atoms with Gasteiger partial charge in [0.1, 0.15) is 12.2 Å². The van der Waals surface area contributed by atoms with Crippen molar-refractivity contribution in [1.29, 1.82) is 0 Å². The van der Waals surface area contributed by atoms with E-state index in [1.165, 1.54) is 16.6 Å². The van der Waals surface area contributed by atoms with Crippen molar-refractivity contribution in [1.82, 2.24) is 20.1 Å². The number of H-pyrrole nitrogens is 1. The fourth-order valence-corrected chi connectivity index (χ4v) is 3.26. The predicted octanol–water partition coefficient (Wildman–Crippen LogP) is 2.51. The van der Waals surface area contributed by atoms with Gasteiger partial charge in [0, 0.05) is 29.8 Å². The molecule has 0 saturated carbocycles. The Morgan fingerprint density at radius 1 is 1.43 bits per heavy atom. The number of aromatic nitrogens is 3. The number of carbonyl (C=O) groups excluding carboxylic acids is 1. The van der Waals surface area contributed by atoms with Gasteiger partial charge >= 0.3 is 6.18 Å². The predicted molar refractivity (Wildman–Crippen MR) is 69.0 cm³/mol.